The molecule has 7 heteroatoms. The van der Waals surface area contributed by atoms with E-state index in [1.54, 1.807) is 12.1 Å². The van der Waals surface area contributed by atoms with Crippen molar-refractivity contribution in [1.82, 2.24) is 4.31 Å². The molecule has 2 rings (SSSR count). The highest BCUT2D eigenvalue weighted by atomic mass is 32.2. The Hall–Kier alpha value is -2.02. The Labute approximate surface area is 117 Å². The van der Waals surface area contributed by atoms with Gasteiger partial charge in [0.2, 0.25) is 0 Å². The van der Waals surface area contributed by atoms with Crippen LogP contribution in [0.5, 0.6) is 0 Å². The lowest BCUT2D eigenvalue weighted by Gasteiger charge is -2.34. The number of sulfonamides is 1. The molecule has 6 nitrogen and oxygen atoms in total. The average molecular weight is 296 g/mol. The number of carbonyl (C=O) groups is 1. The zero-order chi connectivity index (χ0) is 15.2. The third-order valence-electron chi connectivity index (χ3n) is 3.28. The summed E-state index contributed by atoms with van der Waals surface area (Å²) in [5.41, 5.74) is -0.244. The SMILES string of the molecule is CC(C)c1cccc2c1C([O-])=C(C(=O)O)N(C)S2(=O)=O. The molecular weight excluding hydrogens is 282 g/mol. The number of fused-ring (bicyclic) bond motifs is 1. The summed E-state index contributed by atoms with van der Waals surface area (Å²) in [5, 5.41) is 21.5. The van der Waals surface area contributed by atoms with Crippen LogP contribution in [0.3, 0.4) is 0 Å². The van der Waals surface area contributed by atoms with E-state index < -0.39 is 27.4 Å². The van der Waals surface area contributed by atoms with E-state index in [0.29, 0.717) is 9.87 Å². The van der Waals surface area contributed by atoms with E-state index in [1.165, 1.54) is 6.07 Å². The van der Waals surface area contributed by atoms with Crippen LogP contribution in [0.2, 0.25) is 0 Å². The summed E-state index contributed by atoms with van der Waals surface area (Å²) in [6.45, 7) is 3.63. The van der Waals surface area contributed by atoms with E-state index in [-0.39, 0.29) is 16.4 Å². The number of hydrogen-bond acceptors (Lipinski definition) is 4. The van der Waals surface area contributed by atoms with Crippen molar-refractivity contribution in [3.05, 3.63) is 35.0 Å². The van der Waals surface area contributed by atoms with Gasteiger partial charge < -0.3 is 10.2 Å². The average Bonchev–Trinajstić information content (AvgIpc) is 2.35. The predicted molar refractivity (Wildman–Crippen MR) is 70.0 cm³/mol. The van der Waals surface area contributed by atoms with Gasteiger partial charge in [-0.3, -0.25) is 4.31 Å². The molecule has 1 aromatic carbocycles. The molecule has 0 amide bonds. The third kappa shape index (κ3) is 1.85. The zero-order valence-electron chi connectivity index (χ0n) is 11.2. The molecule has 0 aliphatic carbocycles. The van der Waals surface area contributed by atoms with Gasteiger partial charge >= 0.3 is 5.97 Å². The first kappa shape index (κ1) is 14.4. The molecule has 108 valence electrons. The summed E-state index contributed by atoms with van der Waals surface area (Å²) in [5.74, 6) is -2.41. The Kier molecular flexibility index (Phi) is 3.25. The second-order valence-electron chi connectivity index (χ2n) is 4.83. The van der Waals surface area contributed by atoms with Crippen LogP contribution < -0.4 is 5.11 Å². The van der Waals surface area contributed by atoms with Gasteiger partial charge in [-0.25, -0.2) is 13.2 Å². The topological polar surface area (TPSA) is 97.7 Å². The van der Waals surface area contributed by atoms with Gasteiger partial charge in [0.1, 0.15) is 5.70 Å². The summed E-state index contributed by atoms with van der Waals surface area (Å²) in [4.78, 5) is 11.1. The highest BCUT2D eigenvalue weighted by Gasteiger charge is 2.35. The van der Waals surface area contributed by atoms with Crippen LogP contribution in [0, 0.1) is 0 Å². The second-order valence-corrected chi connectivity index (χ2v) is 6.77. The molecule has 0 atom stereocenters. The molecule has 1 aliphatic heterocycles. The first-order valence-corrected chi connectivity index (χ1v) is 7.40. The number of likely N-dealkylation sites (N-methyl/N-ethyl adjacent to an activating group) is 1. The van der Waals surface area contributed by atoms with E-state index in [1.807, 2.05) is 13.8 Å². The maximum absolute atomic E-state index is 12.4. The normalized spacial score (nSPS) is 17.3. The van der Waals surface area contributed by atoms with Gasteiger partial charge in [-0.1, -0.05) is 31.7 Å². The fourth-order valence-corrected chi connectivity index (χ4v) is 3.66. The number of carboxylic acids is 1. The summed E-state index contributed by atoms with van der Waals surface area (Å²) in [7, 11) is -2.94. The van der Waals surface area contributed by atoms with E-state index >= 15 is 0 Å². The first-order valence-electron chi connectivity index (χ1n) is 5.96. The van der Waals surface area contributed by atoms with Crippen LogP contribution in [-0.2, 0) is 14.8 Å². The highest BCUT2D eigenvalue weighted by Crippen LogP contribution is 2.37. The number of hydrogen-bond donors (Lipinski definition) is 1. The molecule has 0 spiro atoms. The van der Waals surface area contributed by atoms with Crippen molar-refractivity contribution in [2.45, 2.75) is 24.7 Å². The molecule has 1 aliphatic rings. The van der Waals surface area contributed by atoms with Crippen LogP contribution in [0.1, 0.15) is 30.9 Å². The number of aliphatic carboxylic acids is 1. The van der Waals surface area contributed by atoms with Crippen molar-refractivity contribution in [2.75, 3.05) is 7.05 Å². The van der Waals surface area contributed by atoms with E-state index in [2.05, 4.69) is 0 Å². The summed E-state index contributed by atoms with van der Waals surface area (Å²) >= 11 is 0. The summed E-state index contributed by atoms with van der Waals surface area (Å²) in [6, 6.07) is 4.52. The first-order chi connectivity index (χ1) is 9.19. The summed E-state index contributed by atoms with van der Waals surface area (Å²) in [6.07, 6.45) is 0. The second kappa shape index (κ2) is 4.52. The zero-order valence-corrected chi connectivity index (χ0v) is 12.1. The minimum absolute atomic E-state index is 0.0296. The monoisotopic (exact) mass is 296 g/mol. The van der Waals surface area contributed by atoms with Crippen LogP contribution >= 0.6 is 0 Å². The molecule has 0 unspecified atom stereocenters. The highest BCUT2D eigenvalue weighted by molar-refractivity contribution is 7.89. The van der Waals surface area contributed by atoms with Crippen molar-refractivity contribution in [1.29, 1.82) is 0 Å². The predicted octanol–water partition coefficient (Wildman–Crippen LogP) is 0.558. The van der Waals surface area contributed by atoms with E-state index in [4.69, 9.17) is 5.11 Å². The number of benzene rings is 1. The molecule has 0 saturated carbocycles. The fourth-order valence-electron chi connectivity index (χ4n) is 2.25. The minimum Gasteiger partial charge on any atom is -0.870 e. The molecule has 20 heavy (non-hydrogen) atoms. The van der Waals surface area contributed by atoms with Gasteiger partial charge in [0.05, 0.1) is 4.90 Å². The minimum atomic E-state index is -4.01. The molecule has 1 N–H and O–H groups in total. The number of nitrogens with zero attached hydrogens (tertiary/aromatic N) is 1. The van der Waals surface area contributed by atoms with Gasteiger partial charge in [0.15, 0.2) is 0 Å². The molecule has 0 radical (unpaired) electrons. The van der Waals surface area contributed by atoms with Crippen molar-refractivity contribution < 1.29 is 23.4 Å². The largest absolute Gasteiger partial charge is 0.870 e. The lowest BCUT2D eigenvalue weighted by molar-refractivity contribution is -0.246. The van der Waals surface area contributed by atoms with Crippen molar-refractivity contribution in [3.63, 3.8) is 0 Å². The molecule has 0 saturated heterocycles. The Bertz CT molecular complexity index is 718. The third-order valence-corrected chi connectivity index (χ3v) is 5.08. The fraction of sp³-hybridized carbons (Fsp3) is 0.308. The van der Waals surface area contributed by atoms with Gasteiger partial charge in [0, 0.05) is 7.05 Å². The van der Waals surface area contributed by atoms with Crippen molar-refractivity contribution >= 4 is 21.8 Å². The Morgan fingerprint density at radius 3 is 2.45 bits per heavy atom. The van der Waals surface area contributed by atoms with Crippen LogP contribution in [0.25, 0.3) is 5.76 Å². The van der Waals surface area contributed by atoms with Crippen LogP contribution in [-0.4, -0.2) is 30.8 Å². The molecular formula is C13H14NO5S-. The lowest BCUT2D eigenvalue weighted by atomic mass is 9.95. The lowest BCUT2D eigenvalue weighted by Crippen LogP contribution is -2.37. The molecule has 0 aromatic heterocycles. The number of carboxylic acid groups (broad SMARTS) is 1. The van der Waals surface area contributed by atoms with E-state index in [9.17, 15) is 18.3 Å². The maximum atomic E-state index is 12.4. The Morgan fingerprint density at radius 1 is 1.35 bits per heavy atom. The number of rotatable bonds is 2. The molecule has 0 bridgehead atoms. The Morgan fingerprint density at radius 2 is 1.95 bits per heavy atom. The van der Waals surface area contributed by atoms with E-state index in [0.717, 1.165) is 7.05 Å². The molecule has 1 heterocycles. The van der Waals surface area contributed by atoms with Crippen LogP contribution in [0.4, 0.5) is 0 Å². The van der Waals surface area contributed by atoms with Gasteiger partial charge in [-0.2, -0.15) is 0 Å². The molecule has 1 aromatic rings. The smallest absolute Gasteiger partial charge is 0.352 e. The Balaban J connectivity index is 2.95. The van der Waals surface area contributed by atoms with Crippen molar-refractivity contribution in [2.24, 2.45) is 0 Å². The van der Waals surface area contributed by atoms with Gasteiger partial charge in [0.25, 0.3) is 10.0 Å². The van der Waals surface area contributed by atoms with Crippen LogP contribution in [0.15, 0.2) is 28.8 Å². The summed E-state index contributed by atoms with van der Waals surface area (Å²) < 4.78 is 25.2. The standard InChI is InChI=1S/C13H15NO5S/c1-7(2)8-5-4-6-9-10(8)12(15)11(13(16)17)14(3)20(9,18)19/h4-7,15H,1-3H3,(H,16,17)/p-1. The van der Waals surface area contributed by atoms with Crippen molar-refractivity contribution in [3.8, 4) is 0 Å². The van der Waals surface area contributed by atoms with Gasteiger partial charge in [-0.15, -0.1) is 0 Å². The quantitative estimate of drug-likeness (QED) is 0.859. The maximum Gasteiger partial charge on any atom is 0.352 e. The molecule has 0 fully saturated rings. The van der Waals surface area contributed by atoms with Gasteiger partial charge in [-0.05, 0) is 23.1 Å².